The lowest BCUT2D eigenvalue weighted by Gasteiger charge is -2.19. The molecule has 0 spiro atoms. The van der Waals surface area contributed by atoms with E-state index in [1.165, 1.54) is 18.3 Å². The second kappa shape index (κ2) is 4.01. The van der Waals surface area contributed by atoms with E-state index in [0.29, 0.717) is 5.75 Å². The van der Waals surface area contributed by atoms with E-state index in [1.54, 1.807) is 13.8 Å². The van der Waals surface area contributed by atoms with E-state index in [2.05, 4.69) is 10.9 Å². The van der Waals surface area contributed by atoms with E-state index in [1.807, 2.05) is 0 Å². The molecule has 0 fully saturated rings. The fourth-order valence-corrected chi connectivity index (χ4v) is 0.891. The Hall–Kier alpha value is -2.02. The van der Waals surface area contributed by atoms with Crippen molar-refractivity contribution in [3.05, 3.63) is 24.0 Å². The summed E-state index contributed by atoms with van der Waals surface area (Å²) in [5, 5.41) is 8.62. The number of hydrogen-bond donors (Lipinski definition) is 1. The summed E-state index contributed by atoms with van der Waals surface area (Å²) in [6.45, 7) is 3.47. The molecule has 1 rings (SSSR count). The molecule has 15 heavy (non-hydrogen) atoms. The number of carbonyl (C=O) groups is 1. The van der Waals surface area contributed by atoms with Gasteiger partial charge in [-0.1, -0.05) is 5.92 Å². The molecule has 0 aliphatic heterocycles. The van der Waals surface area contributed by atoms with Crippen LogP contribution in [0.15, 0.2) is 18.3 Å². The third-order valence-corrected chi connectivity index (χ3v) is 1.68. The Bertz CT molecular complexity index is 401. The van der Waals surface area contributed by atoms with E-state index in [-0.39, 0.29) is 5.69 Å². The first-order valence-electron chi connectivity index (χ1n) is 4.31. The van der Waals surface area contributed by atoms with Crippen molar-refractivity contribution in [3.8, 4) is 18.1 Å². The lowest BCUT2D eigenvalue weighted by Crippen LogP contribution is -2.25. The molecule has 1 N–H and O–H groups in total. The molecular weight excluding hydrogens is 194 g/mol. The van der Waals surface area contributed by atoms with Gasteiger partial charge in [0.15, 0.2) is 5.60 Å². The smallest absolute Gasteiger partial charge is 0.354 e. The van der Waals surface area contributed by atoms with Crippen molar-refractivity contribution in [1.82, 2.24) is 4.98 Å². The number of rotatable bonds is 3. The van der Waals surface area contributed by atoms with E-state index in [4.69, 9.17) is 16.3 Å². The molecule has 0 aliphatic rings. The third kappa shape index (κ3) is 2.99. The Labute approximate surface area is 87.9 Å². The summed E-state index contributed by atoms with van der Waals surface area (Å²) in [6, 6.07) is 2.89. The van der Waals surface area contributed by atoms with Gasteiger partial charge in [-0.05, 0) is 26.0 Å². The molecule has 0 atom stereocenters. The van der Waals surface area contributed by atoms with Crippen molar-refractivity contribution in [2.75, 3.05) is 0 Å². The second-order valence-corrected chi connectivity index (χ2v) is 3.44. The molecular formula is C11H11NO3. The van der Waals surface area contributed by atoms with Gasteiger partial charge in [0.05, 0.1) is 6.20 Å². The fraction of sp³-hybridized carbons (Fsp3) is 0.273. The van der Waals surface area contributed by atoms with Gasteiger partial charge in [0.1, 0.15) is 11.4 Å². The molecule has 0 unspecified atom stereocenters. The van der Waals surface area contributed by atoms with Crippen LogP contribution in [0.4, 0.5) is 0 Å². The highest BCUT2D eigenvalue weighted by Crippen LogP contribution is 2.16. The molecule has 78 valence electrons. The Kier molecular flexibility index (Phi) is 2.96. The summed E-state index contributed by atoms with van der Waals surface area (Å²) in [5.41, 5.74) is -0.757. The summed E-state index contributed by atoms with van der Waals surface area (Å²) < 4.78 is 5.39. The fourth-order valence-electron chi connectivity index (χ4n) is 0.891. The van der Waals surface area contributed by atoms with E-state index in [9.17, 15) is 4.79 Å². The number of carboxylic acid groups (broad SMARTS) is 1. The number of nitrogens with zero attached hydrogens (tertiary/aromatic N) is 1. The molecule has 0 radical (unpaired) electrons. The maximum absolute atomic E-state index is 10.5. The first kappa shape index (κ1) is 11.1. The zero-order valence-corrected chi connectivity index (χ0v) is 8.52. The number of aromatic nitrogens is 1. The standard InChI is InChI=1S/C11H11NO3/c1-4-11(2,3)15-8-5-6-9(10(13)14)12-7-8/h1,5-7H,2-3H3,(H,13,14). The van der Waals surface area contributed by atoms with Crippen LogP contribution in [0, 0.1) is 12.3 Å². The molecule has 0 aromatic carbocycles. The minimum absolute atomic E-state index is 0.0270. The van der Waals surface area contributed by atoms with Crippen LogP contribution in [-0.2, 0) is 0 Å². The van der Waals surface area contributed by atoms with Crippen molar-refractivity contribution in [2.24, 2.45) is 0 Å². The first-order valence-corrected chi connectivity index (χ1v) is 4.31. The van der Waals surface area contributed by atoms with Crippen LogP contribution in [0.25, 0.3) is 0 Å². The summed E-state index contributed by atoms with van der Waals surface area (Å²) in [4.78, 5) is 14.2. The minimum atomic E-state index is -1.07. The van der Waals surface area contributed by atoms with Gasteiger partial charge >= 0.3 is 5.97 Å². The van der Waals surface area contributed by atoms with Gasteiger partial charge in [-0.3, -0.25) is 0 Å². The number of ether oxygens (including phenoxy) is 1. The molecule has 4 heteroatoms. The zero-order valence-electron chi connectivity index (χ0n) is 8.52. The van der Waals surface area contributed by atoms with Crippen LogP contribution in [0.2, 0.25) is 0 Å². The summed E-state index contributed by atoms with van der Waals surface area (Å²) in [6.07, 6.45) is 6.58. The molecule has 1 heterocycles. The Balaban J connectivity index is 2.83. The van der Waals surface area contributed by atoms with Crippen LogP contribution >= 0.6 is 0 Å². The molecule has 1 aromatic heterocycles. The average molecular weight is 205 g/mol. The quantitative estimate of drug-likeness (QED) is 0.761. The summed E-state index contributed by atoms with van der Waals surface area (Å²) >= 11 is 0. The van der Waals surface area contributed by atoms with Crippen molar-refractivity contribution < 1.29 is 14.6 Å². The second-order valence-electron chi connectivity index (χ2n) is 3.44. The molecule has 0 amide bonds. The lowest BCUT2D eigenvalue weighted by atomic mass is 10.1. The Morgan fingerprint density at radius 1 is 1.60 bits per heavy atom. The monoisotopic (exact) mass is 205 g/mol. The number of terminal acetylenes is 1. The Morgan fingerprint density at radius 2 is 2.27 bits per heavy atom. The van der Waals surface area contributed by atoms with Gasteiger partial charge in [0.25, 0.3) is 0 Å². The van der Waals surface area contributed by atoms with Crippen LogP contribution in [0.3, 0.4) is 0 Å². The van der Waals surface area contributed by atoms with Gasteiger partial charge in [-0.2, -0.15) is 0 Å². The maximum Gasteiger partial charge on any atom is 0.354 e. The number of carboxylic acids is 1. The summed E-state index contributed by atoms with van der Waals surface area (Å²) in [5.74, 6) is 1.84. The SMILES string of the molecule is C#CC(C)(C)Oc1ccc(C(=O)O)nc1. The van der Waals surface area contributed by atoms with Crippen molar-refractivity contribution in [1.29, 1.82) is 0 Å². The largest absolute Gasteiger partial charge is 0.477 e. The van der Waals surface area contributed by atoms with Crippen molar-refractivity contribution in [2.45, 2.75) is 19.4 Å². The van der Waals surface area contributed by atoms with Crippen LogP contribution in [0.1, 0.15) is 24.3 Å². The highest BCUT2D eigenvalue weighted by molar-refractivity contribution is 5.85. The molecule has 0 saturated heterocycles. The van der Waals surface area contributed by atoms with Gasteiger partial charge < -0.3 is 9.84 Å². The van der Waals surface area contributed by atoms with E-state index < -0.39 is 11.6 Å². The number of pyridine rings is 1. The first-order chi connectivity index (χ1) is 6.94. The Morgan fingerprint density at radius 3 is 2.67 bits per heavy atom. The lowest BCUT2D eigenvalue weighted by molar-refractivity contribution is 0.0690. The van der Waals surface area contributed by atoms with Gasteiger partial charge in [0, 0.05) is 0 Å². The molecule has 1 aromatic rings. The number of hydrogen-bond acceptors (Lipinski definition) is 3. The highest BCUT2D eigenvalue weighted by Gasteiger charge is 2.15. The maximum atomic E-state index is 10.5. The van der Waals surface area contributed by atoms with Crippen molar-refractivity contribution >= 4 is 5.97 Å². The number of aromatic carboxylic acids is 1. The molecule has 0 bridgehead atoms. The normalized spacial score (nSPS) is 10.5. The average Bonchev–Trinajstić information content (AvgIpc) is 2.18. The van der Waals surface area contributed by atoms with Crippen LogP contribution in [0.5, 0.6) is 5.75 Å². The third-order valence-electron chi connectivity index (χ3n) is 1.68. The molecule has 4 nitrogen and oxygen atoms in total. The van der Waals surface area contributed by atoms with Gasteiger partial charge in [0.2, 0.25) is 0 Å². The predicted octanol–water partition coefficient (Wildman–Crippen LogP) is 1.57. The zero-order chi connectivity index (χ0) is 11.5. The topological polar surface area (TPSA) is 59.4 Å². The summed E-state index contributed by atoms with van der Waals surface area (Å²) in [7, 11) is 0. The van der Waals surface area contributed by atoms with E-state index >= 15 is 0 Å². The molecule has 0 saturated carbocycles. The van der Waals surface area contributed by atoms with Crippen LogP contribution in [-0.4, -0.2) is 21.7 Å². The minimum Gasteiger partial charge on any atom is -0.477 e. The molecule has 0 aliphatic carbocycles. The van der Waals surface area contributed by atoms with Gasteiger partial charge in [-0.15, -0.1) is 6.42 Å². The highest BCUT2D eigenvalue weighted by atomic mass is 16.5. The van der Waals surface area contributed by atoms with Crippen molar-refractivity contribution in [3.63, 3.8) is 0 Å². The van der Waals surface area contributed by atoms with E-state index in [0.717, 1.165) is 0 Å². The van der Waals surface area contributed by atoms with Gasteiger partial charge in [-0.25, -0.2) is 9.78 Å². The van der Waals surface area contributed by atoms with Crippen LogP contribution < -0.4 is 4.74 Å². The predicted molar refractivity (Wildman–Crippen MR) is 54.7 cm³/mol.